The summed E-state index contributed by atoms with van der Waals surface area (Å²) in [7, 11) is 0. The van der Waals surface area contributed by atoms with E-state index in [1.54, 1.807) is 0 Å². The summed E-state index contributed by atoms with van der Waals surface area (Å²) in [5.74, 6) is 1.24. The predicted octanol–water partition coefficient (Wildman–Crippen LogP) is 3.06. The molecule has 0 fully saturated rings. The van der Waals surface area contributed by atoms with E-state index in [-0.39, 0.29) is 6.61 Å². The van der Waals surface area contributed by atoms with Crippen molar-refractivity contribution in [2.24, 2.45) is 0 Å². The number of aliphatic hydroxyl groups is 1. The molecule has 21 heavy (non-hydrogen) atoms. The molecule has 114 valence electrons. The third-order valence-corrected chi connectivity index (χ3v) is 3.46. The Balaban J connectivity index is 1.95. The first-order valence-electron chi connectivity index (χ1n) is 7.38. The highest BCUT2D eigenvalue weighted by Gasteiger charge is 2.12. The molecule has 4 heteroatoms. The van der Waals surface area contributed by atoms with Crippen LogP contribution in [0.5, 0.6) is 5.75 Å². The summed E-state index contributed by atoms with van der Waals surface area (Å²) in [6.45, 7) is 8.92. The van der Waals surface area contributed by atoms with Crippen LogP contribution in [0.4, 0.5) is 0 Å². The quantitative estimate of drug-likeness (QED) is 0.888. The van der Waals surface area contributed by atoms with Crippen molar-refractivity contribution < 1.29 is 9.84 Å². The first-order valence-corrected chi connectivity index (χ1v) is 7.38. The lowest BCUT2D eigenvalue weighted by Gasteiger charge is -2.17. The van der Waals surface area contributed by atoms with E-state index < -0.39 is 6.10 Å². The van der Waals surface area contributed by atoms with Gasteiger partial charge in [0, 0.05) is 5.69 Å². The molecular weight excluding hydrogens is 264 g/mol. The highest BCUT2D eigenvalue weighted by Crippen LogP contribution is 2.25. The van der Waals surface area contributed by atoms with Crippen LogP contribution in [0.2, 0.25) is 0 Å². The Morgan fingerprint density at radius 3 is 2.57 bits per heavy atom. The molecule has 1 atom stereocenters. The van der Waals surface area contributed by atoms with Crippen LogP contribution in [0.1, 0.15) is 36.7 Å². The molecule has 1 N–H and O–H groups in total. The van der Waals surface area contributed by atoms with Gasteiger partial charge >= 0.3 is 0 Å². The minimum Gasteiger partial charge on any atom is -0.491 e. The molecule has 0 amide bonds. The summed E-state index contributed by atoms with van der Waals surface area (Å²) in [5, 5.41) is 14.5. The molecule has 0 saturated carbocycles. The lowest BCUT2D eigenvalue weighted by Crippen LogP contribution is -2.25. The average Bonchev–Trinajstić information content (AvgIpc) is 2.74. The number of ether oxygens (including phenoxy) is 1. The van der Waals surface area contributed by atoms with Gasteiger partial charge in [-0.15, -0.1) is 0 Å². The normalized spacial score (nSPS) is 12.7. The van der Waals surface area contributed by atoms with Crippen molar-refractivity contribution in [1.82, 2.24) is 9.78 Å². The van der Waals surface area contributed by atoms with Crippen LogP contribution in [-0.4, -0.2) is 27.6 Å². The molecule has 2 rings (SSSR count). The molecule has 0 aliphatic rings. The van der Waals surface area contributed by atoms with E-state index in [0.717, 1.165) is 22.7 Å². The Hall–Kier alpha value is -1.81. The molecular formula is C17H24N2O2. The SMILES string of the molecule is Cc1cc(C)n(C[C@H](O)COc2ccccc2C(C)C)n1. The van der Waals surface area contributed by atoms with E-state index in [1.807, 2.05) is 42.8 Å². The van der Waals surface area contributed by atoms with Crippen LogP contribution in [0.25, 0.3) is 0 Å². The number of nitrogens with zero attached hydrogens (tertiary/aromatic N) is 2. The molecule has 1 aromatic carbocycles. The summed E-state index contributed by atoms with van der Waals surface area (Å²) >= 11 is 0. The zero-order valence-corrected chi connectivity index (χ0v) is 13.2. The number of benzene rings is 1. The molecule has 0 bridgehead atoms. The van der Waals surface area contributed by atoms with Gasteiger partial charge < -0.3 is 9.84 Å². The largest absolute Gasteiger partial charge is 0.491 e. The highest BCUT2D eigenvalue weighted by molar-refractivity contribution is 5.35. The van der Waals surface area contributed by atoms with E-state index in [0.29, 0.717) is 12.5 Å². The topological polar surface area (TPSA) is 47.3 Å². The monoisotopic (exact) mass is 288 g/mol. The molecule has 0 aliphatic carbocycles. The molecule has 2 aromatic rings. The zero-order valence-electron chi connectivity index (χ0n) is 13.2. The zero-order chi connectivity index (χ0) is 15.4. The Morgan fingerprint density at radius 1 is 1.24 bits per heavy atom. The number of hydrogen-bond acceptors (Lipinski definition) is 3. The van der Waals surface area contributed by atoms with Crippen molar-refractivity contribution in [2.75, 3.05) is 6.61 Å². The number of aliphatic hydroxyl groups excluding tert-OH is 1. The standard InChI is InChI=1S/C17H24N2O2/c1-12(2)16-7-5-6-8-17(16)21-11-15(20)10-19-14(4)9-13(3)18-19/h5-9,12,15,20H,10-11H2,1-4H3/t15-/m0/s1. The Labute approximate surface area is 126 Å². The number of rotatable bonds is 6. The van der Waals surface area contributed by atoms with Crippen LogP contribution in [0, 0.1) is 13.8 Å². The van der Waals surface area contributed by atoms with Gasteiger partial charge in [-0.25, -0.2) is 0 Å². The third kappa shape index (κ3) is 4.08. The molecule has 0 spiro atoms. The number of para-hydroxylation sites is 1. The Morgan fingerprint density at radius 2 is 1.95 bits per heavy atom. The van der Waals surface area contributed by atoms with Gasteiger partial charge in [0.2, 0.25) is 0 Å². The van der Waals surface area contributed by atoms with Gasteiger partial charge in [0.05, 0.1) is 12.2 Å². The van der Waals surface area contributed by atoms with Gasteiger partial charge in [0.25, 0.3) is 0 Å². The van der Waals surface area contributed by atoms with E-state index in [4.69, 9.17) is 4.74 Å². The maximum absolute atomic E-state index is 10.1. The molecule has 1 aromatic heterocycles. The molecule has 0 radical (unpaired) electrons. The van der Waals surface area contributed by atoms with E-state index >= 15 is 0 Å². The third-order valence-electron chi connectivity index (χ3n) is 3.46. The molecule has 4 nitrogen and oxygen atoms in total. The van der Waals surface area contributed by atoms with Gasteiger partial charge in [-0.3, -0.25) is 4.68 Å². The maximum atomic E-state index is 10.1. The van der Waals surface area contributed by atoms with Crippen molar-refractivity contribution in [2.45, 2.75) is 46.3 Å². The van der Waals surface area contributed by atoms with Crippen LogP contribution < -0.4 is 4.74 Å². The van der Waals surface area contributed by atoms with Gasteiger partial charge in [0.15, 0.2) is 0 Å². The van der Waals surface area contributed by atoms with Crippen molar-refractivity contribution in [3.05, 3.63) is 47.3 Å². The van der Waals surface area contributed by atoms with Crippen molar-refractivity contribution in [1.29, 1.82) is 0 Å². The predicted molar refractivity (Wildman–Crippen MR) is 83.7 cm³/mol. The molecule has 0 unspecified atom stereocenters. The number of aromatic nitrogens is 2. The Bertz CT molecular complexity index is 590. The minimum absolute atomic E-state index is 0.266. The van der Waals surface area contributed by atoms with Gasteiger partial charge in [-0.05, 0) is 37.5 Å². The summed E-state index contributed by atoms with van der Waals surface area (Å²) in [4.78, 5) is 0. The van der Waals surface area contributed by atoms with Crippen LogP contribution in [0.15, 0.2) is 30.3 Å². The minimum atomic E-state index is -0.580. The van der Waals surface area contributed by atoms with Crippen molar-refractivity contribution in [3.63, 3.8) is 0 Å². The lowest BCUT2D eigenvalue weighted by atomic mass is 10.0. The fraction of sp³-hybridized carbons (Fsp3) is 0.471. The molecule has 1 heterocycles. The van der Waals surface area contributed by atoms with Gasteiger partial charge in [-0.1, -0.05) is 32.0 Å². The molecule has 0 saturated heterocycles. The summed E-state index contributed by atoms with van der Waals surface area (Å²) in [5.41, 5.74) is 3.18. The highest BCUT2D eigenvalue weighted by atomic mass is 16.5. The number of hydrogen-bond donors (Lipinski definition) is 1. The van der Waals surface area contributed by atoms with Crippen LogP contribution in [-0.2, 0) is 6.54 Å². The fourth-order valence-electron chi connectivity index (χ4n) is 2.39. The van der Waals surface area contributed by atoms with Crippen LogP contribution >= 0.6 is 0 Å². The summed E-state index contributed by atoms with van der Waals surface area (Å²) in [6, 6.07) is 9.98. The van der Waals surface area contributed by atoms with Gasteiger partial charge in [-0.2, -0.15) is 5.10 Å². The summed E-state index contributed by atoms with van der Waals surface area (Å²) < 4.78 is 7.61. The Kier molecular flexibility index (Phi) is 5.02. The first-order chi connectivity index (χ1) is 9.97. The second-order valence-corrected chi connectivity index (χ2v) is 5.77. The maximum Gasteiger partial charge on any atom is 0.122 e. The van der Waals surface area contributed by atoms with Crippen LogP contribution in [0.3, 0.4) is 0 Å². The average molecular weight is 288 g/mol. The number of aryl methyl sites for hydroxylation is 2. The molecule has 0 aliphatic heterocycles. The van der Waals surface area contributed by atoms with Crippen molar-refractivity contribution in [3.8, 4) is 5.75 Å². The summed E-state index contributed by atoms with van der Waals surface area (Å²) in [6.07, 6.45) is -0.580. The van der Waals surface area contributed by atoms with Crippen molar-refractivity contribution >= 4 is 0 Å². The van der Waals surface area contributed by atoms with E-state index in [2.05, 4.69) is 25.0 Å². The smallest absolute Gasteiger partial charge is 0.122 e. The lowest BCUT2D eigenvalue weighted by molar-refractivity contribution is 0.0881. The second-order valence-electron chi connectivity index (χ2n) is 5.77. The first kappa shape index (κ1) is 15.6. The fourth-order valence-corrected chi connectivity index (χ4v) is 2.39. The van der Waals surface area contributed by atoms with Gasteiger partial charge in [0.1, 0.15) is 18.5 Å². The van der Waals surface area contributed by atoms with E-state index in [1.165, 1.54) is 0 Å². The van der Waals surface area contributed by atoms with E-state index in [9.17, 15) is 5.11 Å². The second kappa shape index (κ2) is 6.76.